The number of rotatable bonds is 4. The minimum Gasteiger partial charge on any atom is -0.382 e. The lowest BCUT2D eigenvalue weighted by Crippen LogP contribution is -2.47. The maximum atomic E-state index is 15.4. The molecule has 0 bridgehead atoms. The number of hydrogen-bond acceptors (Lipinski definition) is 4. The predicted octanol–water partition coefficient (Wildman–Crippen LogP) is 3.67. The van der Waals surface area contributed by atoms with Gasteiger partial charge in [-0.3, -0.25) is 10.1 Å². The molecule has 1 atom stereocenters. The summed E-state index contributed by atoms with van der Waals surface area (Å²) < 4.78 is 30.8. The molecule has 1 aliphatic heterocycles. The van der Waals surface area contributed by atoms with Crippen LogP contribution in [0.3, 0.4) is 0 Å². The van der Waals surface area contributed by atoms with Gasteiger partial charge in [-0.2, -0.15) is 5.10 Å². The third-order valence-electron chi connectivity index (χ3n) is 6.50. The molecule has 1 aliphatic carbocycles. The zero-order chi connectivity index (χ0) is 21.6. The molecule has 3 heterocycles. The van der Waals surface area contributed by atoms with Crippen molar-refractivity contribution >= 4 is 22.6 Å². The predicted molar refractivity (Wildman–Crippen MR) is 111 cm³/mol. The van der Waals surface area contributed by atoms with E-state index in [9.17, 15) is 9.90 Å². The highest BCUT2D eigenvalue weighted by atomic mass is 19.3. The fourth-order valence-electron chi connectivity index (χ4n) is 4.64. The van der Waals surface area contributed by atoms with Crippen molar-refractivity contribution in [3.63, 3.8) is 0 Å². The van der Waals surface area contributed by atoms with Crippen molar-refractivity contribution in [3.05, 3.63) is 53.5 Å². The number of likely N-dealkylation sites (tertiary alicyclic amines) is 1. The maximum Gasteiger partial charge on any atom is 0.321 e. The van der Waals surface area contributed by atoms with E-state index in [-0.39, 0.29) is 37.5 Å². The van der Waals surface area contributed by atoms with E-state index in [2.05, 4.69) is 20.5 Å². The number of carbonyl (C=O) groups is 1. The normalized spacial score (nSPS) is 17.8. The number of hydrogen-bond donors (Lipinski definition) is 3. The number of aryl methyl sites for hydroxylation is 1. The van der Waals surface area contributed by atoms with Crippen LogP contribution in [0.4, 0.5) is 19.3 Å². The van der Waals surface area contributed by atoms with Crippen molar-refractivity contribution in [1.82, 2.24) is 20.1 Å². The highest BCUT2D eigenvalue weighted by Crippen LogP contribution is 2.47. The standard InChI is InChI=1S/C22H23F2N5O2/c23-22(24,20(30)18-17-4-3-13(17)10-14-11-26-28-19(14)18)15-5-8-29(9-6-15)21(31)27-16-2-1-7-25-12-16/h1-2,7,10-12,15,20,30H,3-6,8-9H2,(H,26,28)(H,27,31)/t20-/m1/s1. The summed E-state index contributed by atoms with van der Waals surface area (Å²) in [6, 6.07) is 5.04. The molecule has 3 aromatic rings. The van der Waals surface area contributed by atoms with E-state index in [0.717, 1.165) is 22.9 Å². The number of urea groups is 1. The first-order valence-electron chi connectivity index (χ1n) is 10.4. The summed E-state index contributed by atoms with van der Waals surface area (Å²) >= 11 is 0. The van der Waals surface area contributed by atoms with Gasteiger partial charge in [0.25, 0.3) is 5.92 Å². The third kappa shape index (κ3) is 3.42. The number of anilines is 1. The van der Waals surface area contributed by atoms with Gasteiger partial charge in [0.1, 0.15) is 6.10 Å². The third-order valence-corrected chi connectivity index (χ3v) is 6.50. The molecule has 0 unspecified atom stereocenters. The van der Waals surface area contributed by atoms with Crippen molar-refractivity contribution in [2.75, 3.05) is 18.4 Å². The lowest BCUT2D eigenvalue weighted by atomic mass is 9.77. The molecular formula is C22H23F2N5O2. The number of H-pyrrole nitrogens is 1. The number of aliphatic hydroxyl groups is 1. The summed E-state index contributed by atoms with van der Waals surface area (Å²) in [6.45, 7) is 0.400. The van der Waals surface area contributed by atoms with E-state index in [1.807, 2.05) is 6.07 Å². The van der Waals surface area contributed by atoms with Gasteiger partial charge in [-0.1, -0.05) is 0 Å². The van der Waals surface area contributed by atoms with Crippen molar-refractivity contribution in [3.8, 4) is 0 Å². The molecule has 2 aliphatic rings. The largest absolute Gasteiger partial charge is 0.382 e. The fraction of sp³-hybridized carbons (Fsp3) is 0.409. The number of nitrogens with one attached hydrogen (secondary N) is 2. The molecule has 9 heteroatoms. The number of piperidine rings is 1. The number of aliphatic hydroxyl groups excluding tert-OH is 1. The highest BCUT2D eigenvalue weighted by Gasteiger charge is 2.50. The summed E-state index contributed by atoms with van der Waals surface area (Å²) in [4.78, 5) is 17.9. The second-order valence-corrected chi connectivity index (χ2v) is 8.27. The molecule has 162 valence electrons. The van der Waals surface area contributed by atoms with Gasteiger partial charge in [-0.25, -0.2) is 13.6 Å². The number of amides is 2. The minimum absolute atomic E-state index is 0.117. The number of nitrogens with zero attached hydrogens (tertiary/aromatic N) is 3. The summed E-state index contributed by atoms with van der Waals surface area (Å²) in [5, 5.41) is 21.1. The van der Waals surface area contributed by atoms with Crippen LogP contribution in [0, 0.1) is 5.92 Å². The Kier molecular flexibility index (Phi) is 4.85. The monoisotopic (exact) mass is 427 g/mol. The van der Waals surface area contributed by atoms with E-state index in [1.165, 1.54) is 11.1 Å². The van der Waals surface area contributed by atoms with E-state index in [1.54, 1.807) is 24.5 Å². The molecular weight excluding hydrogens is 404 g/mol. The number of carbonyl (C=O) groups excluding carboxylic acids is 1. The quantitative estimate of drug-likeness (QED) is 0.592. The Balaban J connectivity index is 1.30. The summed E-state index contributed by atoms with van der Waals surface area (Å²) in [7, 11) is 0. The first kappa shape index (κ1) is 19.9. The van der Waals surface area contributed by atoms with E-state index < -0.39 is 17.9 Å². The molecule has 0 saturated carbocycles. The molecule has 7 nitrogen and oxygen atoms in total. The zero-order valence-corrected chi connectivity index (χ0v) is 16.8. The van der Waals surface area contributed by atoms with Gasteiger partial charge in [0.15, 0.2) is 0 Å². The Bertz CT molecular complexity index is 1110. The lowest BCUT2D eigenvalue weighted by Gasteiger charge is -2.38. The smallest absolute Gasteiger partial charge is 0.321 e. The number of aromatic amines is 1. The van der Waals surface area contributed by atoms with Gasteiger partial charge >= 0.3 is 6.03 Å². The molecule has 2 amide bonds. The highest BCUT2D eigenvalue weighted by molar-refractivity contribution is 5.89. The van der Waals surface area contributed by atoms with Crippen molar-refractivity contribution in [2.45, 2.75) is 37.7 Å². The van der Waals surface area contributed by atoms with Crippen LogP contribution in [0.1, 0.15) is 35.6 Å². The SMILES string of the molecule is O=C(Nc1cccnc1)N1CCC(C(F)(F)[C@H](O)c2c3c(cc4cn[nH]c24)CC3)CC1. The van der Waals surface area contributed by atoms with Gasteiger partial charge in [-0.15, -0.1) is 0 Å². The summed E-state index contributed by atoms with van der Waals surface area (Å²) in [5.41, 5.74) is 3.12. The maximum absolute atomic E-state index is 15.4. The van der Waals surface area contributed by atoms with Gasteiger partial charge in [0.2, 0.25) is 0 Å². The number of pyridine rings is 1. The number of benzene rings is 1. The zero-order valence-electron chi connectivity index (χ0n) is 16.8. The number of fused-ring (bicyclic) bond motifs is 2. The van der Waals surface area contributed by atoms with Crippen LogP contribution in [0.2, 0.25) is 0 Å². The lowest BCUT2D eigenvalue weighted by molar-refractivity contribution is -0.159. The average Bonchev–Trinajstić information content (AvgIpc) is 3.23. The van der Waals surface area contributed by atoms with Crippen LogP contribution in [-0.2, 0) is 12.8 Å². The molecule has 0 radical (unpaired) electrons. The van der Waals surface area contributed by atoms with Crippen molar-refractivity contribution in [2.24, 2.45) is 5.92 Å². The van der Waals surface area contributed by atoms with Crippen LogP contribution in [-0.4, -0.2) is 50.2 Å². The molecule has 1 saturated heterocycles. The molecule has 1 fully saturated rings. The topological polar surface area (TPSA) is 94.1 Å². The Morgan fingerprint density at radius 2 is 2.10 bits per heavy atom. The number of halogens is 2. The van der Waals surface area contributed by atoms with Crippen LogP contribution in [0.5, 0.6) is 0 Å². The first-order valence-corrected chi connectivity index (χ1v) is 10.4. The molecule has 31 heavy (non-hydrogen) atoms. The number of alkyl halides is 2. The molecule has 3 N–H and O–H groups in total. The van der Waals surface area contributed by atoms with E-state index >= 15 is 8.78 Å². The van der Waals surface area contributed by atoms with Gasteiger partial charge in [-0.05, 0) is 55.0 Å². The Morgan fingerprint density at radius 3 is 2.77 bits per heavy atom. The fourth-order valence-corrected chi connectivity index (χ4v) is 4.64. The molecule has 1 aromatic carbocycles. The van der Waals surface area contributed by atoms with Gasteiger partial charge in [0.05, 0.1) is 23.6 Å². The Hall–Kier alpha value is -3.07. The molecule has 0 spiro atoms. The minimum atomic E-state index is -3.31. The molecule has 5 rings (SSSR count). The van der Waals surface area contributed by atoms with Crippen molar-refractivity contribution in [1.29, 1.82) is 0 Å². The second kappa shape index (κ2) is 7.56. The number of aromatic nitrogens is 3. The van der Waals surface area contributed by atoms with Crippen LogP contribution in [0.25, 0.3) is 10.9 Å². The van der Waals surface area contributed by atoms with Crippen LogP contribution in [0.15, 0.2) is 36.8 Å². The summed E-state index contributed by atoms with van der Waals surface area (Å²) in [5.74, 6) is -4.33. The second-order valence-electron chi connectivity index (χ2n) is 8.27. The Morgan fingerprint density at radius 1 is 1.29 bits per heavy atom. The summed E-state index contributed by atoms with van der Waals surface area (Å²) in [6.07, 6.45) is 4.56. The average molecular weight is 427 g/mol. The van der Waals surface area contributed by atoms with E-state index in [4.69, 9.17) is 0 Å². The van der Waals surface area contributed by atoms with Gasteiger partial charge in [0, 0.05) is 36.2 Å². The molecule has 2 aromatic heterocycles. The van der Waals surface area contributed by atoms with E-state index in [0.29, 0.717) is 17.6 Å². The van der Waals surface area contributed by atoms with Crippen molar-refractivity contribution < 1.29 is 18.7 Å². The first-order chi connectivity index (χ1) is 14.9. The Labute approximate surface area is 177 Å². The van der Waals surface area contributed by atoms with Crippen LogP contribution < -0.4 is 5.32 Å². The van der Waals surface area contributed by atoms with Crippen LogP contribution >= 0.6 is 0 Å². The van der Waals surface area contributed by atoms with Gasteiger partial charge < -0.3 is 15.3 Å².